The fraction of sp³-hybridized carbons (Fsp3) is 0.714. The van der Waals surface area contributed by atoms with E-state index in [1.165, 1.54) is 6.42 Å². The van der Waals surface area contributed by atoms with Crippen LogP contribution >= 0.6 is 0 Å². The molecule has 0 bridgehead atoms. The molecule has 0 fully saturated rings. The summed E-state index contributed by atoms with van der Waals surface area (Å²) >= 11 is 0. The van der Waals surface area contributed by atoms with Crippen LogP contribution in [0.4, 0.5) is 0 Å². The first-order valence-electron chi connectivity index (χ1n) is 3.10. The Balaban J connectivity index is 3.10. The van der Waals surface area contributed by atoms with E-state index >= 15 is 0 Å². The second-order valence-corrected chi connectivity index (χ2v) is 2.13. The van der Waals surface area contributed by atoms with Gasteiger partial charge in [-0.1, -0.05) is 20.3 Å². The van der Waals surface area contributed by atoms with Gasteiger partial charge in [0, 0.05) is 0 Å². The van der Waals surface area contributed by atoms with Crippen molar-refractivity contribution in [2.24, 2.45) is 5.92 Å². The topological polar surface area (TPSA) is 20.2 Å². The average molecular weight is 114 g/mol. The van der Waals surface area contributed by atoms with Gasteiger partial charge in [0.2, 0.25) is 0 Å². The molecular weight excluding hydrogens is 100 g/mol. The Bertz CT molecular complexity index is 66.8. The van der Waals surface area contributed by atoms with E-state index in [1.54, 1.807) is 6.08 Å². The van der Waals surface area contributed by atoms with Crippen LogP contribution in [0.2, 0.25) is 0 Å². The summed E-state index contributed by atoms with van der Waals surface area (Å²) < 4.78 is 0. The highest BCUT2D eigenvalue weighted by Gasteiger charge is 1.91. The highest BCUT2D eigenvalue weighted by Crippen LogP contribution is 2.05. The third-order valence-corrected chi connectivity index (χ3v) is 1.34. The van der Waals surface area contributed by atoms with Crippen molar-refractivity contribution in [2.45, 2.75) is 26.7 Å². The Morgan fingerprint density at radius 1 is 1.62 bits per heavy atom. The molecule has 1 heteroatoms. The number of rotatable bonds is 3. The van der Waals surface area contributed by atoms with E-state index in [0.29, 0.717) is 5.92 Å². The first kappa shape index (κ1) is 7.54. The lowest BCUT2D eigenvalue weighted by Gasteiger charge is -2.00. The molecule has 0 spiro atoms. The predicted octanol–water partition coefficient (Wildman–Crippen LogP) is 2.49. The van der Waals surface area contributed by atoms with Crippen molar-refractivity contribution >= 4 is 0 Å². The Morgan fingerprint density at radius 2 is 2.25 bits per heavy atom. The maximum Gasteiger partial charge on any atom is 0.0751 e. The van der Waals surface area contributed by atoms with Crippen molar-refractivity contribution in [1.82, 2.24) is 0 Å². The van der Waals surface area contributed by atoms with Crippen LogP contribution in [0.3, 0.4) is 0 Å². The fourth-order valence-electron chi connectivity index (χ4n) is 0.460. The Kier molecular flexibility index (Phi) is 4.42. The van der Waals surface area contributed by atoms with Gasteiger partial charge in [0.05, 0.1) is 6.26 Å². The molecule has 0 saturated carbocycles. The molecule has 0 aliphatic heterocycles. The zero-order valence-electron chi connectivity index (χ0n) is 5.59. The molecule has 1 nitrogen and oxygen atoms in total. The summed E-state index contributed by atoms with van der Waals surface area (Å²) in [7, 11) is 0. The summed E-state index contributed by atoms with van der Waals surface area (Å²) in [5, 5.41) is 8.23. The van der Waals surface area contributed by atoms with E-state index in [4.69, 9.17) is 5.11 Å². The van der Waals surface area contributed by atoms with Gasteiger partial charge < -0.3 is 5.11 Å². The third-order valence-electron chi connectivity index (χ3n) is 1.34. The van der Waals surface area contributed by atoms with E-state index in [1.807, 2.05) is 0 Å². The summed E-state index contributed by atoms with van der Waals surface area (Å²) in [6.45, 7) is 4.32. The van der Waals surface area contributed by atoms with Crippen LogP contribution in [0.15, 0.2) is 12.3 Å². The van der Waals surface area contributed by atoms with Gasteiger partial charge in [-0.15, -0.1) is 0 Å². The Labute approximate surface area is 51.0 Å². The van der Waals surface area contributed by atoms with E-state index < -0.39 is 0 Å². The highest BCUT2D eigenvalue weighted by molar-refractivity contribution is 4.73. The van der Waals surface area contributed by atoms with Crippen LogP contribution in [0.5, 0.6) is 0 Å². The lowest BCUT2D eigenvalue weighted by Crippen LogP contribution is -1.87. The van der Waals surface area contributed by atoms with Crippen molar-refractivity contribution in [3.05, 3.63) is 12.3 Å². The third kappa shape index (κ3) is 3.72. The number of aliphatic hydroxyl groups excluding tert-OH is 1. The molecule has 0 amide bonds. The second kappa shape index (κ2) is 4.69. The molecule has 0 saturated heterocycles. The summed E-state index contributed by atoms with van der Waals surface area (Å²) in [6, 6.07) is 0. The van der Waals surface area contributed by atoms with Crippen LogP contribution in [0.25, 0.3) is 0 Å². The molecule has 0 aliphatic carbocycles. The molecule has 1 N–H and O–H groups in total. The first-order valence-corrected chi connectivity index (χ1v) is 3.10. The first-order chi connectivity index (χ1) is 3.81. The lowest BCUT2D eigenvalue weighted by molar-refractivity contribution is 0.464. The number of hydrogen-bond acceptors (Lipinski definition) is 1. The Morgan fingerprint density at radius 3 is 2.62 bits per heavy atom. The number of aliphatic hydroxyl groups is 1. The van der Waals surface area contributed by atoms with Crippen LogP contribution in [-0.4, -0.2) is 5.11 Å². The smallest absolute Gasteiger partial charge is 0.0751 e. The van der Waals surface area contributed by atoms with Crippen molar-refractivity contribution in [2.75, 3.05) is 0 Å². The van der Waals surface area contributed by atoms with Gasteiger partial charge in [0.25, 0.3) is 0 Å². The van der Waals surface area contributed by atoms with Gasteiger partial charge in [-0.25, -0.2) is 0 Å². The summed E-state index contributed by atoms with van der Waals surface area (Å²) in [6.07, 6.45) is 5.08. The molecule has 0 aromatic carbocycles. The largest absolute Gasteiger partial charge is 0.516 e. The van der Waals surface area contributed by atoms with Gasteiger partial charge in [-0.05, 0) is 18.4 Å². The quantitative estimate of drug-likeness (QED) is 0.559. The minimum atomic E-state index is 0.707. The molecule has 48 valence electrons. The van der Waals surface area contributed by atoms with Crippen molar-refractivity contribution in [1.29, 1.82) is 0 Å². The second-order valence-electron chi connectivity index (χ2n) is 2.13. The van der Waals surface area contributed by atoms with Crippen LogP contribution < -0.4 is 0 Å². The standard InChI is InChI=1S/C7H14O/c1-3-7(2)5-4-6-8/h4,6-8H,3,5H2,1-2H3/b6-4-. The van der Waals surface area contributed by atoms with Crippen molar-refractivity contribution in [3.63, 3.8) is 0 Å². The van der Waals surface area contributed by atoms with E-state index in [2.05, 4.69) is 13.8 Å². The minimum absolute atomic E-state index is 0.707. The SMILES string of the molecule is CCC(C)C/C=C\O. The zero-order valence-corrected chi connectivity index (χ0v) is 5.59. The molecule has 1 unspecified atom stereocenters. The Hall–Kier alpha value is -0.460. The normalized spacial score (nSPS) is 14.8. The van der Waals surface area contributed by atoms with Gasteiger partial charge in [-0.3, -0.25) is 0 Å². The van der Waals surface area contributed by atoms with Gasteiger partial charge in [-0.2, -0.15) is 0 Å². The maximum absolute atomic E-state index is 8.23. The van der Waals surface area contributed by atoms with E-state index in [-0.39, 0.29) is 0 Å². The fourth-order valence-corrected chi connectivity index (χ4v) is 0.460. The van der Waals surface area contributed by atoms with Gasteiger partial charge in [0.15, 0.2) is 0 Å². The van der Waals surface area contributed by atoms with Crippen molar-refractivity contribution in [3.8, 4) is 0 Å². The highest BCUT2D eigenvalue weighted by atomic mass is 16.2. The van der Waals surface area contributed by atoms with Gasteiger partial charge >= 0.3 is 0 Å². The summed E-state index contributed by atoms with van der Waals surface area (Å²) in [5.74, 6) is 0.707. The molecule has 0 aromatic heterocycles. The van der Waals surface area contributed by atoms with Crippen molar-refractivity contribution < 1.29 is 5.11 Å². The average Bonchev–Trinajstić information content (AvgIpc) is 1.83. The molecule has 0 aromatic rings. The number of hydrogen-bond donors (Lipinski definition) is 1. The summed E-state index contributed by atoms with van der Waals surface area (Å²) in [4.78, 5) is 0. The van der Waals surface area contributed by atoms with Crippen LogP contribution in [0.1, 0.15) is 26.7 Å². The molecule has 0 aliphatic rings. The van der Waals surface area contributed by atoms with Gasteiger partial charge in [0.1, 0.15) is 0 Å². The van der Waals surface area contributed by atoms with E-state index in [9.17, 15) is 0 Å². The zero-order chi connectivity index (χ0) is 6.41. The number of allylic oxidation sites excluding steroid dienone is 1. The molecule has 8 heavy (non-hydrogen) atoms. The molecule has 0 rings (SSSR count). The lowest BCUT2D eigenvalue weighted by atomic mass is 10.1. The molecule has 0 heterocycles. The predicted molar refractivity (Wildman–Crippen MR) is 35.8 cm³/mol. The molecule has 0 radical (unpaired) electrons. The van der Waals surface area contributed by atoms with E-state index in [0.717, 1.165) is 12.7 Å². The van der Waals surface area contributed by atoms with Crippen LogP contribution in [0, 0.1) is 5.92 Å². The minimum Gasteiger partial charge on any atom is -0.516 e. The maximum atomic E-state index is 8.23. The van der Waals surface area contributed by atoms with Crippen LogP contribution in [-0.2, 0) is 0 Å². The monoisotopic (exact) mass is 114 g/mol. The molecule has 1 atom stereocenters. The summed E-state index contributed by atoms with van der Waals surface area (Å²) in [5.41, 5.74) is 0. The molecular formula is C7H14O.